The largest absolute Gasteiger partial charge is 0.0991 e. The number of allylic oxidation sites excluding steroid dienone is 3. The highest BCUT2D eigenvalue weighted by atomic mass is 14.0. The molecule has 1 rings (SSSR count). The molecular formula is C13H16. The Morgan fingerprint density at radius 1 is 1.15 bits per heavy atom. The maximum atomic E-state index is 3.64. The maximum Gasteiger partial charge on any atom is -0.00941 e. The highest BCUT2D eigenvalue weighted by Gasteiger charge is 1.92. The lowest BCUT2D eigenvalue weighted by Gasteiger charge is -2.01. The van der Waals surface area contributed by atoms with Gasteiger partial charge in [0.15, 0.2) is 0 Å². The Morgan fingerprint density at radius 2 is 1.77 bits per heavy atom. The minimum atomic E-state index is 0.995. The lowest BCUT2D eigenvalue weighted by molar-refractivity contribution is 1.22. The Bertz CT molecular complexity index is 299. The van der Waals surface area contributed by atoms with E-state index < -0.39 is 0 Å². The molecule has 0 unspecified atom stereocenters. The summed E-state index contributed by atoms with van der Waals surface area (Å²) in [7, 11) is 0. The van der Waals surface area contributed by atoms with E-state index in [2.05, 4.69) is 44.7 Å². The van der Waals surface area contributed by atoms with E-state index in [9.17, 15) is 0 Å². The zero-order valence-corrected chi connectivity index (χ0v) is 8.38. The summed E-state index contributed by atoms with van der Waals surface area (Å²) in [4.78, 5) is 0. The third kappa shape index (κ3) is 3.29. The summed E-state index contributed by atoms with van der Waals surface area (Å²) in [6, 6.07) is 6.64. The van der Waals surface area contributed by atoms with E-state index >= 15 is 0 Å². The highest BCUT2D eigenvalue weighted by Crippen LogP contribution is 2.09. The molecule has 0 heteroatoms. The smallest absolute Gasteiger partial charge is 0.00941 e. The Hall–Kier alpha value is -1.30. The zero-order valence-electron chi connectivity index (χ0n) is 8.38. The molecule has 0 nitrogen and oxygen atoms in total. The Morgan fingerprint density at radius 3 is 2.31 bits per heavy atom. The molecule has 0 spiro atoms. The first kappa shape index (κ1) is 9.79. The molecule has 0 amide bonds. The van der Waals surface area contributed by atoms with E-state index in [4.69, 9.17) is 0 Å². The summed E-state index contributed by atoms with van der Waals surface area (Å²) >= 11 is 0. The van der Waals surface area contributed by atoms with Gasteiger partial charge in [-0.15, -0.1) is 0 Å². The molecule has 0 bridgehead atoms. The summed E-state index contributed by atoms with van der Waals surface area (Å²) in [6.07, 6.45) is 6.91. The molecule has 0 aliphatic rings. The van der Waals surface area contributed by atoms with Crippen molar-refractivity contribution in [3.8, 4) is 0 Å². The lowest BCUT2D eigenvalue weighted by atomic mass is 10.1. The van der Waals surface area contributed by atoms with Gasteiger partial charge in [-0.3, -0.25) is 0 Å². The maximum absolute atomic E-state index is 3.64. The van der Waals surface area contributed by atoms with Gasteiger partial charge in [-0.1, -0.05) is 54.1 Å². The fourth-order valence-corrected chi connectivity index (χ4v) is 1.49. The van der Waals surface area contributed by atoms with Crippen LogP contribution in [0.15, 0.2) is 43.0 Å². The molecular weight excluding hydrogens is 156 g/mol. The summed E-state index contributed by atoms with van der Waals surface area (Å²) in [6.45, 7) is 7.91. The topological polar surface area (TPSA) is 0 Å². The van der Waals surface area contributed by atoms with Crippen LogP contribution in [-0.2, 0) is 6.42 Å². The molecule has 13 heavy (non-hydrogen) atoms. The first-order valence-electron chi connectivity index (χ1n) is 4.57. The van der Waals surface area contributed by atoms with Gasteiger partial charge in [0.2, 0.25) is 0 Å². The lowest BCUT2D eigenvalue weighted by Crippen LogP contribution is -1.84. The van der Waals surface area contributed by atoms with Crippen molar-refractivity contribution in [2.75, 3.05) is 0 Å². The van der Waals surface area contributed by atoms with E-state index in [0.29, 0.717) is 0 Å². The molecule has 0 heterocycles. The van der Waals surface area contributed by atoms with Crippen LogP contribution in [0.25, 0.3) is 0 Å². The predicted octanol–water partition coefficient (Wildman–Crippen LogP) is 3.59. The van der Waals surface area contributed by atoms with Crippen LogP contribution in [0.4, 0.5) is 0 Å². The minimum Gasteiger partial charge on any atom is -0.0991 e. The van der Waals surface area contributed by atoms with Crippen LogP contribution >= 0.6 is 0 Å². The van der Waals surface area contributed by atoms with Gasteiger partial charge in [0.05, 0.1) is 0 Å². The van der Waals surface area contributed by atoms with Gasteiger partial charge in [0.1, 0.15) is 0 Å². The van der Waals surface area contributed by atoms with Crippen LogP contribution < -0.4 is 0 Å². The van der Waals surface area contributed by atoms with Crippen molar-refractivity contribution >= 4 is 0 Å². The molecule has 0 N–H and O–H groups in total. The van der Waals surface area contributed by atoms with E-state index in [1.807, 2.05) is 12.2 Å². The van der Waals surface area contributed by atoms with E-state index in [1.165, 1.54) is 16.7 Å². The van der Waals surface area contributed by atoms with Crippen molar-refractivity contribution in [1.82, 2.24) is 0 Å². The molecule has 1 aromatic carbocycles. The monoisotopic (exact) mass is 172 g/mol. The van der Waals surface area contributed by atoms with Gasteiger partial charge in [-0.2, -0.15) is 0 Å². The average molecular weight is 172 g/mol. The SMILES string of the molecule is C=C/C=C/Cc1cc(C)cc(C)c1. The Labute approximate surface area is 80.6 Å². The van der Waals surface area contributed by atoms with Crippen molar-refractivity contribution in [1.29, 1.82) is 0 Å². The third-order valence-electron chi connectivity index (χ3n) is 1.91. The molecule has 1 aromatic rings. The van der Waals surface area contributed by atoms with Crippen molar-refractivity contribution < 1.29 is 0 Å². The van der Waals surface area contributed by atoms with Crippen LogP contribution in [0.2, 0.25) is 0 Å². The van der Waals surface area contributed by atoms with Gasteiger partial charge >= 0.3 is 0 Å². The van der Waals surface area contributed by atoms with Gasteiger partial charge in [-0.05, 0) is 25.8 Å². The third-order valence-corrected chi connectivity index (χ3v) is 1.91. The normalized spacial score (nSPS) is 10.6. The molecule has 0 fully saturated rings. The summed E-state index contributed by atoms with van der Waals surface area (Å²) < 4.78 is 0. The van der Waals surface area contributed by atoms with Gasteiger partial charge in [0.25, 0.3) is 0 Å². The van der Waals surface area contributed by atoms with Crippen LogP contribution in [0.3, 0.4) is 0 Å². The molecule has 0 aliphatic carbocycles. The van der Waals surface area contributed by atoms with E-state index in [1.54, 1.807) is 0 Å². The average Bonchev–Trinajstić information content (AvgIpc) is 2.03. The van der Waals surface area contributed by atoms with Crippen LogP contribution in [0, 0.1) is 13.8 Å². The zero-order chi connectivity index (χ0) is 9.68. The van der Waals surface area contributed by atoms with E-state index in [0.717, 1.165) is 6.42 Å². The van der Waals surface area contributed by atoms with Gasteiger partial charge in [0, 0.05) is 0 Å². The first-order valence-corrected chi connectivity index (χ1v) is 4.57. The fourth-order valence-electron chi connectivity index (χ4n) is 1.49. The summed E-state index contributed by atoms with van der Waals surface area (Å²) in [5.74, 6) is 0. The minimum absolute atomic E-state index is 0.995. The second kappa shape index (κ2) is 4.66. The summed E-state index contributed by atoms with van der Waals surface area (Å²) in [5, 5.41) is 0. The first-order chi connectivity index (χ1) is 6.22. The number of benzene rings is 1. The number of aryl methyl sites for hydroxylation is 2. The van der Waals surface area contributed by atoms with Gasteiger partial charge in [-0.25, -0.2) is 0 Å². The molecule has 68 valence electrons. The number of rotatable bonds is 3. The molecule has 0 saturated carbocycles. The van der Waals surface area contributed by atoms with Crippen molar-refractivity contribution in [3.63, 3.8) is 0 Å². The standard InChI is InChI=1S/C13H16/c1-4-5-6-7-13-9-11(2)8-12(3)10-13/h4-6,8-10H,1,7H2,2-3H3/b6-5+. The number of hydrogen-bond acceptors (Lipinski definition) is 0. The highest BCUT2D eigenvalue weighted by molar-refractivity contribution is 5.29. The molecule has 0 saturated heterocycles. The quantitative estimate of drug-likeness (QED) is 0.611. The second-order valence-electron chi connectivity index (χ2n) is 3.36. The number of hydrogen-bond donors (Lipinski definition) is 0. The van der Waals surface area contributed by atoms with Crippen LogP contribution in [-0.4, -0.2) is 0 Å². The van der Waals surface area contributed by atoms with Crippen molar-refractivity contribution in [2.45, 2.75) is 20.3 Å². The molecule has 0 aliphatic heterocycles. The fraction of sp³-hybridized carbons (Fsp3) is 0.231. The molecule has 0 aromatic heterocycles. The van der Waals surface area contributed by atoms with Crippen LogP contribution in [0.5, 0.6) is 0 Å². The predicted molar refractivity (Wildman–Crippen MR) is 59.0 cm³/mol. The molecule has 0 radical (unpaired) electrons. The summed E-state index contributed by atoms with van der Waals surface area (Å²) in [5.41, 5.74) is 4.04. The van der Waals surface area contributed by atoms with Crippen molar-refractivity contribution in [3.05, 3.63) is 59.7 Å². The molecule has 0 atom stereocenters. The van der Waals surface area contributed by atoms with Gasteiger partial charge < -0.3 is 0 Å². The van der Waals surface area contributed by atoms with Crippen molar-refractivity contribution in [2.24, 2.45) is 0 Å². The van der Waals surface area contributed by atoms with E-state index in [-0.39, 0.29) is 0 Å². The second-order valence-corrected chi connectivity index (χ2v) is 3.36. The Balaban J connectivity index is 2.77. The van der Waals surface area contributed by atoms with Crippen LogP contribution in [0.1, 0.15) is 16.7 Å². The Kier molecular flexibility index (Phi) is 3.51.